The molecule has 118 valence electrons. The molecule has 3 aromatic rings. The smallest absolute Gasteiger partial charge is 0.0826 e. The van der Waals surface area contributed by atoms with Crippen LogP contribution >= 0.6 is 11.6 Å². The molecule has 2 heterocycles. The molecule has 0 atom stereocenters. The molecule has 3 nitrogen and oxygen atoms in total. The lowest BCUT2D eigenvalue weighted by molar-refractivity contribution is 0.282. The van der Waals surface area contributed by atoms with E-state index < -0.39 is 0 Å². The maximum Gasteiger partial charge on any atom is 0.0826 e. The van der Waals surface area contributed by atoms with Gasteiger partial charge in [-0.15, -0.1) is 0 Å². The SMILES string of the molecule is OCc1ccc(-c2ccnc3c2C(c2cccc(Cl)c2)=NC3)cc1. The summed E-state index contributed by atoms with van der Waals surface area (Å²) in [5.41, 5.74) is 7.06. The summed E-state index contributed by atoms with van der Waals surface area (Å²) in [5.74, 6) is 0. The van der Waals surface area contributed by atoms with Crippen molar-refractivity contribution in [3.05, 3.63) is 88.2 Å². The molecular formula is C20H15ClN2O. The third-order valence-corrected chi connectivity index (χ3v) is 4.43. The molecule has 1 aliphatic rings. The molecule has 24 heavy (non-hydrogen) atoms. The average molecular weight is 335 g/mol. The van der Waals surface area contributed by atoms with Crippen LogP contribution in [0.5, 0.6) is 0 Å². The Morgan fingerprint density at radius 3 is 2.58 bits per heavy atom. The van der Waals surface area contributed by atoms with Crippen LogP contribution < -0.4 is 0 Å². The second-order valence-electron chi connectivity index (χ2n) is 5.71. The summed E-state index contributed by atoms with van der Waals surface area (Å²) in [5, 5.41) is 9.92. The lowest BCUT2D eigenvalue weighted by atomic mass is 9.93. The Labute approximate surface area is 145 Å². The van der Waals surface area contributed by atoms with Crippen molar-refractivity contribution < 1.29 is 5.11 Å². The molecule has 0 bridgehead atoms. The van der Waals surface area contributed by atoms with Gasteiger partial charge in [-0.1, -0.05) is 48.0 Å². The van der Waals surface area contributed by atoms with Crippen molar-refractivity contribution >= 4 is 17.3 Å². The van der Waals surface area contributed by atoms with Gasteiger partial charge in [-0.3, -0.25) is 9.98 Å². The zero-order chi connectivity index (χ0) is 16.5. The Bertz CT molecular complexity index is 933. The summed E-state index contributed by atoms with van der Waals surface area (Å²) in [4.78, 5) is 9.18. The first kappa shape index (κ1) is 15.1. The number of fused-ring (bicyclic) bond motifs is 1. The second-order valence-corrected chi connectivity index (χ2v) is 6.15. The van der Waals surface area contributed by atoms with Crippen molar-refractivity contribution in [1.29, 1.82) is 0 Å². The predicted octanol–water partition coefficient (Wildman–Crippen LogP) is 4.25. The molecule has 0 fully saturated rings. The molecular weight excluding hydrogens is 320 g/mol. The zero-order valence-corrected chi connectivity index (χ0v) is 13.7. The Hall–Kier alpha value is -2.49. The van der Waals surface area contributed by atoms with E-state index in [2.05, 4.69) is 4.98 Å². The Balaban J connectivity index is 1.84. The molecule has 0 radical (unpaired) electrons. The first-order valence-corrected chi connectivity index (χ1v) is 8.13. The van der Waals surface area contributed by atoms with Crippen LogP contribution in [0.2, 0.25) is 5.02 Å². The maximum atomic E-state index is 9.23. The summed E-state index contributed by atoms with van der Waals surface area (Å²) in [6, 6.07) is 17.7. The Morgan fingerprint density at radius 2 is 1.83 bits per heavy atom. The van der Waals surface area contributed by atoms with Crippen molar-refractivity contribution in [3.8, 4) is 11.1 Å². The van der Waals surface area contributed by atoms with Gasteiger partial charge >= 0.3 is 0 Å². The highest BCUT2D eigenvalue weighted by Crippen LogP contribution is 2.32. The molecule has 1 aromatic heterocycles. The van der Waals surface area contributed by atoms with Gasteiger partial charge in [-0.2, -0.15) is 0 Å². The highest BCUT2D eigenvalue weighted by molar-refractivity contribution is 6.31. The molecule has 0 amide bonds. The maximum absolute atomic E-state index is 9.23. The number of aliphatic imine (C=N–C) groups is 1. The molecule has 1 aliphatic heterocycles. The van der Waals surface area contributed by atoms with E-state index in [0.29, 0.717) is 11.6 Å². The summed E-state index contributed by atoms with van der Waals surface area (Å²) >= 11 is 6.15. The fraction of sp³-hybridized carbons (Fsp3) is 0.100. The van der Waals surface area contributed by atoms with Crippen LogP contribution in [-0.4, -0.2) is 15.8 Å². The highest BCUT2D eigenvalue weighted by Gasteiger charge is 2.22. The van der Waals surface area contributed by atoms with Crippen LogP contribution in [0, 0.1) is 0 Å². The largest absolute Gasteiger partial charge is 0.392 e. The normalized spacial score (nSPS) is 12.8. The van der Waals surface area contributed by atoms with Gasteiger partial charge < -0.3 is 5.11 Å². The minimum Gasteiger partial charge on any atom is -0.392 e. The van der Waals surface area contributed by atoms with Gasteiger partial charge in [0.05, 0.1) is 24.6 Å². The van der Waals surface area contributed by atoms with Crippen LogP contribution in [0.1, 0.15) is 22.4 Å². The standard InChI is InChI=1S/C20H15ClN2O/c21-16-3-1-2-15(10-16)20-19-17(8-9-22-18(19)11-23-20)14-6-4-13(12-24)5-7-14/h1-10,24H,11-12H2. The zero-order valence-electron chi connectivity index (χ0n) is 12.9. The van der Waals surface area contributed by atoms with Gasteiger partial charge in [0, 0.05) is 22.3 Å². The number of aromatic nitrogens is 1. The third-order valence-electron chi connectivity index (χ3n) is 4.20. The van der Waals surface area contributed by atoms with Gasteiger partial charge in [-0.05, 0) is 34.9 Å². The first-order chi connectivity index (χ1) is 11.8. The fourth-order valence-electron chi connectivity index (χ4n) is 3.02. The number of hydrogen-bond acceptors (Lipinski definition) is 3. The van der Waals surface area contributed by atoms with Crippen LogP contribution in [0.25, 0.3) is 11.1 Å². The summed E-state index contributed by atoms with van der Waals surface area (Å²) in [7, 11) is 0. The number of aliphatic hydroxyl groups excluding tert-OH is 1. The van der Waals surface area contributed by atoms with Crippen molar-refractivity contribution in [3.63, 3.8) is 0 Å². The van der Waals surface area contributed by atoms with Crippen LogP contribution in [-0.2, 0) is 13.2 Å². The van der Waals surface area contributed by atoms with Crippen molar-refractivity contribution in [2.24, 2.45) is 4.99 Å². The van der Waals surface area contributed by atoms with E-state index in [-0.39, 0.29) is 6.61 Å². The van der Waals surface area contributed by atoms with Crippen molar-refractivity contribution in [1.82, 2.24) is 4.98 Å². The molecule has 1 N–H and O–H groups in total. The van der Waals surface area contributed by atoms with Crippen LogP contribution in [0.3, 0.4) is 0 Å². The first-order valence-electron chi connectivity index (χ1n) is 7.75. The van der Waals surface area contributed by atoms with Gasteiger partial charge in [0.1, 0.15) is 0 Å². The monoisotopic (exact) mass is 334 g/mol. The van der Waals surface area contributed by atoms with E-state index in [9.17, 15) is 5.11 Å². The second kappa shape index (κ2) is 6.19. The number of nitrogens with zero attached hydrogens (tertiary/aromatic N) is 2. The highest BCUT2D eigenvalue weighted by atomic mass is 35.5. The number of halogens is 1. The molecule has 0 saturated carbocycles. The van der Waals surface area contributed by atoms with E-state index in [1.807, 2.05) is 60.8 Å². The number of benzene rings is 2. The van der Waals surface area contributed by atoms with Gasteiger partial charge in [-0.25, -0.2) is 0 Å². The number of aliphatic hydroxyl groups is 1. The number of pyridine rings is 1. The van der Waals surface area contributed by atoms with E-state index in [1.54, 1.807) is 0 Å². The Kier molecular flexibility index (Phi) is 3.89. The summed E-state index contributed by atoms with van der Waals surface area (Å²) in [6.45, 7) is 0.629. The Morgan fingerprint density at radius 1 is 1.00 bits per heavy atom. The molecule has 2 aromatic carbocycles. The molecule has 0 aliphatic carbocycles. The minimum atomic E-state index is 0.0456. The quantitative estimate of drug-likeness (QED) is 0.778. The molecule has 0 unspecified atom stereocenters. The topological polar surface area (TPSA) is 45.5 Å². The predicted molar refractivity (Wildman–Crippen MR) is 96.4 cm³/mol. The molecule has 4 rings (SSSR count). The van der Waals surface area contributed by atoms with Gasteiger partial charge in [0.25, 0.3) is 0 Å². The summed E-state index contributed by atoms with van der Waals surface area (Å²) in [6.07, 6.45) is 1.82. The average Bonchev–Trinajstić information content (AvgIpc) is 3.06. The van der Waals surface area contributed by atoms with E-state index in [0.717, 1.165) is 39.2 Å². The lowest BCUT2D eigenvalue weighted by Gasteiger charge is -2.11. The summed E-state index contributed by atoms with van der Waals surface area (Å²) < 4.78 is 0. The van der Waals surface area contributed by atoms with Gasteiger partial charge in [0.15, 0.2) is 0 Å². The van der Waals surface area contributed by atoms with E-state index in [1.165, 1.54) is 0 Å². The lowest BCUT2D eigenvalue weighted by Crippen LogP contribution is -2.04. The minimum absolute atomic E-state index is 0.0456. The fourth-order valence-corrected chi connectivity index (χ4v) is 3.21. The number of rotatable bonds is 3. The molecule has 4 heteroatoms. The van der Waals surface area contributed by atoms with Crippen LogP contribution in [0.4, 0.5) is 0 Å². The van der Waals surface area contributed by atoms with Crippen LogP contribution in [0.15, 0.2) is 65.8 Å². The van der Waals surface area contributed by atoms with Gasteiger partial charge in [0.2, 0.25) is 0 Å². The molecule has 0 spiro atoms. The van der Waals surface area contributed by atoms with E-state index in [4.69, 9.17) is 16.6 Å². The van der Waals surface area contributed by atoms with E-state index >= 15 is 0 Å². The number of hydrogen-bond donors (Lipinski definition) is 1. The third kappa shape index (κ3) is 2.62. The van der Waals surface area contributed by atoms with Crippen molar-refractivity contribution in [2.75, 3.05) is 0 Å². The molecule has 0 saturated heterocycles. The van der Waals surface area contributed by atoms with Crippen molar-refractivity contribution in [2.45, 2.75) is 13.2 Å².